The lowest BCUT2D eigenvalue weighted by atomic mass is 10.1. The number of fused-ring (bicyclic) bond motifs is 3. The van der Waals surface area contributed by atoms with E-state index in [-0.39, 0.29) is 0 Å². The van der Waals surface area contributed by atoms with E-state index < -0.39 is 6.23 Å². The van der Waals surface area contributed by atoms with Crippen LogP contribution in [0.1, 0.15) is 51.3 Å². The van der Waals surface area contributed by atoms with Gasteiger partial charge in [-0.15, -0.1) is 10.2 Å². The van der Waals surface area contributed by atoms with E-state index in [0.29, 0.717) is 23.3 Å². The normalized spacial score (nSPS) is 14.6. The minimum absolute atomic E-state index is 0.454. The summed E-state index contributed by atoms with van der Waals surface area (Å²) in [5.74, 6) is 2.26. The highest BCUT2D eigenvalue weighted by molar-refractivity contribution is 7.99. The molecule has 0 fully saturated rings. The van der Waals surface area contributed by atoms with Crippen LogP contribution in [0.2, 0.25) is 0 Å². The molecule has 4 rings (SSSR count). The summed E-state index contributed by atoms with van der Waals surface area (Å²) in [4.78, 5) is 4.72. The third-order valence-corrected chi connectivity index (χ3v) is 5.90. The largest absolute Gasteiger partial charge is 0.493 e. The summed E-state index contributed by atoms with van der Waals surface area (Å²) in [5, 5.41) is 13.0. The molecule has 0 aliphatic carbocycles. The van der Waals surface area contributed by atoms with Crippen LogP contribution in [0.4, 0.5) is 5.69 Å². The number of unbranched alkanes of at least 4 members (excludes halogenated alkanes) is 2. The Balaban J connectivity index is 1.68. The minimum Gasteiger partial charge on any atom is -0.493 e. The van der Waals surface area contributed by atoms with Gasteiger partial charge in [0.1, 0.15) is 5.75 Å². The first-order valence-corrected chi connectivity index (χ1v) is 11.9. The second-order valence-electron chi connectivity index (χ2n) is 7.38. The third kappa shape index (κ3) is 5.10. The molecule has 1 unspecified atom stereocenters. The van der Waals surface area contributed by atoms with Gasteiger partial charge in [-0.1, -0.05) is 68.8 Å². The Labute approximate surface area is 187 Å². The lowest BCUT2D eigenvalue weighted by molar-refractivity contribution is 0.215. The fraction of sp³-hybridized carbons (Fsp3) is 0.375. The molecule has 0 spiro atoms. The van der Waals surface area contributed by atoms with Crippen LogP contribution < -0.4 is 14.8 Å². The standard InChI is InChI=1S/C24H28N4O2S/c1-3-5-10-16-31-24-26-23-21(27-28-24)17-11-6-8-13-19(17)25-22(30-23)18-12-7-9-14-20(18)29-15-4-2/h6-9,11-14,22,25H,3-5,10,15-16H2,1-2H3. The SMILES string of the molecule is CCCCCSc1nnc2c(n1)OC(c1ccccc1OCCC)Nc1ccccc1-2. The Morgan fingerprint density at radius 2 is 1.84 bits per heavy atom. The number of nitrogens with one attached hydrogen (secondary N) is 1. The third-order valence-electron chi connectivity index (χ3n) is 4.98. The average molecular weight is 437 g/mol. The molecule has 31 heavy (non-hydrogen) atoms. The summed E-state index contributed by atoms with van der Waals surface area (Å²) in [6, 6.07) is 16.0. The fourth-order valence-electron chi connectivity index (χ4n) is 3.41. The van der Waals surface area contributed by atoms with Gasteiger partial charge in [-0.2, -0.15) is 4.98 Å². The molecule has 1 N–H and O–H groups in total. The van der Waals surface area contributed by atoms with Gasteiger partial charge in [0.2, 0.25) is 17.3 Å². The number of hydrogen-bond donors (Lipinski definition) is 1. The van der Waals surface area contributed by atoms with Crippen LogP contribution in [-0.4, -0.2) is 27.5 Å². The zero-order valence-electron chi connectivity index (χ0n) is 18.0. The van der Waals surface area contributed by atoms with Crippen LogP contribution in [0.5, 0.6) is 11.6 Å². The van der Waals surface area contributed by atoms with Gasteiger partial charge < -0.3 is 14.8 Å². The van der Waals surface area contributed by atoms with E-state index in [4.69, 9.17) is 14.5 Å². The van der Waals surface area contributed by atoms with Crippen LogP contribution in [0.3, 0.4) is 0 Å². The summed E-state index contributed by atoms with van der Waals surface area (Å²) in [6.45, 7) is 4.95. The zero-order chi connectivity index (χ0) is 21.5. The quantitative estimate of drug-likeness (QED) is 0.320. The van der Waals surface area contributed by atoms with Gasteiger partial charge >= 0.3 is 0 Å². The van der Waals surface area contributed by atoms with Crippen molar-refractivity contribution in [3.05, 3.63) is 54.1 Å². The van der Waals surface area contributed by atoms with Gasteiger partial charge in [0.25, 0.3) is 0 Å². The highest BCUT2D eigenvalue weighted by atomic mass is 32.2. The summed E-state index contributed by atoms with van der Waals surface area (Å²) in [6.07, 6.45) is 4.02. The fourth-order valence-corrected chi connectivity index (χ4v) is 4.18. The lowest BCUT2D eigenvalue weighted by Gasteiger charge is -2.21. The van der Waals surface area contributed by atoms with Crippen LogP contribution in [0.25, 0.3) is 11.3 Å². The molecule has 6 nitrogen and oxygen atoms in total. The molecule has 0 bridgehead atoms. The molecule has 0 saturated heterocycles. The molecule has 162 valence electrons. The van der Waals surface area contributed by atoms with Crippen molar-refractivity contribution in [2.24, 2.45) is 0 Å². The number of rotatable bonds is 9. The molecule has 2 heterocycles. The first-order valence-electron chi connectivity index (χ1n) is 10.9. The van der Waals surface area contributed by atoms with Crippen molar-refractivity contribution in [2.75, 3.05) is 17.7 Å². The predicted molar refractivity (Wildman–Crippen MR) is 125 cm³/mol. The Morgan fingerprint density at radius 3 is 2.71 bits per heavy atom. The molecule has 1 atom stereocenters. The monoisotopic (exact) mass is 436 g/mol. The summed E-state index contributed by atoms with van der Waals surface area (Å²) < 4.78 is 12.4. The molecule has 0 radical (unpaired) electrons. The Morgan fingerprint density at radius 1 is 1.00 bits per heavy atom. The number of para-hydroxylation sites is 2. The van der Waals surface area contributed by atoms with E-state index in [9.17, 15) is 0 Å². The number of ether oxygens (including phenoxy) is 2. The molecule has 1 aromatic heterocycles. The van der Waals surface area contributed by atoms with E-state index in [1.807, 2.05) is 48.5 Å². The predicted octanol–water partition coefficient (Wildman–Crippen LogP) is 6.11. The van der Waals surface area contributed by atoms with E-state index in [1.54, 1.807) is 11.8 Å². The van der Waals surface area contributed by atoms with Crippen molar-refractivity contribution in [1.29, 1.82) is 0 Å². The van der Waals surface area contributed by atoms with E-state index in [1.165, 1.54) is 12.8 Å². The zero-order valence-corrected chi connectivity index (χ0v) is 18.8. The topological polar surface area (TPSA) is 69.2 Å². The first kappa shape index (κ1) is 21.4. The molecule has 0 amide bonds. The second-order valence-corrected chi connectivity index (χ2v) is 8.44. The number of nitrogens with zero attached hydrogens (tertiary/aromatic N) is 3. The Kier molecular flexibility index (Phi) is 7.25. The molecule has 7 heteroatoms. The van der Waals surface area contributed by atoms with Gasteiger partial charge in [-0.3, -0.25) is 0 Å². The molecule has 3 aromatic rings. The maximum Gasteiger partial charge on any atom is 0.247 e. The summed E-state index contributed by atoms with van der Waals surface area (Å²) in [7, 11) is 0. The van der Waals surface area contributed by atoms with Crippen molar-refractivity contribution in [2.45, 2.75) is 50.9 Å². The van der Waals surface area contributed by atoms with Gasteiger partial charge in [0.05, 0.1) is 12.2 Å². The highest BCUT2D eigenvalue weighted by Gasteiger charge is 2.27. The van der Waals surface area contributed by atoms with Crippen molar-refractivity contribution in [3.8, 4) is 22.9 Å². The van der Waals surface area contributed by atoms with E-state index in [0.717, 1.165) is 41.2 Å². The van der Waals surface area contributed by atoms with Crippen LogP contribution in [-0.2, 0) is 0 Å². The molecule has 2 aromatic carbocycles. The molecule has 0 saturated carbocycles. The Bertz CT molecular complexity index is 1010. The number of benzene rings is 2. The van der Waals surface area contributed by atoms with Crippen LogP contribution >= 0.6 is 11.8 Å². The number of anilines is 1. The van der Waals surface area contributed by atoms with Gasteiger partial charge in [0, 0.05) is 17.0 Å². The van der Waals surface area contributed by atoms with Crippen molar-refractivity contribution in [1.82, 2.24) is 15.2 Å². The second kappa shape index (κ2) is 10.5. The number of thioether (sulfide) groups is 1. The lowest BCUT2D eigenvalue weighted by Crippen LogP contribution is -2.18. The van der Waals surface area contributed by atoms with Crippen LogP contribution in [0.15, 0.2) is 53.7 Å². The summed E-state index contributed by atoms with van der Waals surface area (Å²) in [5.41, 5.74) is 3.43. The summed E-state index contributed by atoms with van der Waals surface area (Å²) >= 11 is 1.62. The van der Waals surface area contributed by atoms with E-state index >= 15 is 0 Å². The smallest absolute Gasteiger partial charge is 0.247 e. The van der Waals surface area contributed by atoms with Crippen molar-refractivity contribution >= 4 is 17.4 Å². The maximum atomic E-state index is 6.40. The highest BCUT2D eigenvalue weighted by Crippen LogP contribution is 2.41. The number of aromatic nitrogens is 3. The van der Waals surface area contributed by atoms with E-state index in [2.05, 4.69) is 29.4 Å². The minimum atomic E-state index is -0.454. The van der Waals surface area contributed by atoms with Gasteiger partial charge in [-0.05, 0) is 31.0 Å². The molecule has 1 aliphatic heterocycles. The Hall–Kier alpha value is -2.80. The molecular formula is C24H28N4O2S. The van der Waals surface area contributed by atoms with Crippen molar-refractivity contribution in [3.63, 3.8) is 0 Å². The average Bonchev–Trinajstić information content (AvgIpc) is 2.97. The van der Waals surface area contributed by atoms with Crippen LogP contribution in [0, 0.1) is 0 Å². The molecule has 1 aliphatic rings. The molecular weight excluding hydrogens is 408 g/mol. The van der Waals surface area contributed by atoms with Gasteiger partial charge in [0.15, 0.2) is 5.69 Å². The first-order chi connectivity index (χ1) is 15.3. The number of hydrogen-bond acceptors (Lipinski definition) is 7. The van der Waals surface area contributed by atoms with Crippen molar-refractivity contribution < 1.29 is 9.47 Å². The van der Waals surface area contributed by atoms with Gasteiger partial charge in [-0.25, -0.2) is 0 Å². The maximum absolute atomic E-state index is 6.40.